The van der Waals surface area contributed by atoms with Crippen LogP contribution in [0.25, 0.3) is 0 Å². The molecule has 0 amide bonds. The molecule has 0 aliphatic rings. The number of aryl methyl sites for hydroxylation is 1. The van der Waals surface area contributed by atoms with Gasteiger partial charge in [0.25, 0.3) is 0 Å². The average Bonchev–Trinajstić information content (AvgIpc) is 2.76. The number of hydrazine groups is 1. The lowest BCUT2D eigenvalue weighted by Crippen LogP contribution is -2.05. The molecule has 3 nitrogen and oxygen atoms in total. The summed E-state index contributed by atoms with van der Waals surface area (Å²) in [6.07, 6.45) is 1.87. The van der Waals surface area contributed by atoms with Crippen LogP contribution in [-0.2, 0) is 5.75 Å². The number of anilines is 1. The molecule has 0 aliphatic carbocycles. The number of thioether (sulfide) groups is 1. The molecule has 0 radical (unpaired) electrons. The maximum atomic E-state index is 5.29. The first-order valence-electron chi connectivity index (χ1n) is 4.89. The second-order valence-corrected chi connectivity index (χ2v) is 5.46. The zero-order chi connectivity index (χ0) is 11.4. The molecule has 5 heteroatoms. The Morgan fingerprint density at radius 3 is 2.94 bits per heavy atom. The number of rotatable bonds is 4. The van der Waals surface area contributed by atoms with E-state index < -0.39 is 0 Å². The summed E-state index contributed by atoms with van der Waals surface area (Å²) in [7, 11) is 0. The van der Waals surface area contributed by atoms with E-state index in [4.69, 9.17) is 5.84 Å². The van der Waals surface area contributed by atoms with E-state index in [1.165, 1.54) is 15.3 Å². The van der Waals surface area contributed by atoms with Gasteiger partial charge in [-0.1, -0.05) is 18.2 Å². The Labute approximate surface area is 103 Å². The number of nitrogens with two attached hydrogens (primary N) is 1. The third kappa shape index (κ3) is 2.75. The molecule has 0 fully saturated rings. The number of hydrogen-bond donors (Lipinski definition) is 2. The van der Waals surface area contributed by atoms with Crippen LogP contribution in [-0.4, -0.2) is 4.98 Å². The first-order valence-corrected chi connectivity index (χ1v) is 6.69. The molecule has 0 saturated carbocycles. The summed E-state index contributed by atoms with van der Waals surface area (Å²) >= 11 is 3.42. The molecule has 3 N–H and O–H groups in total. The predicted octanol–water partition coefficient (Wildman–Crippen LogP) is 3.03. The molecule has 1 heterocycles. The highest BCUT2D eigenvalue weighted by molar-refractivity contribution is 7.98. The lowest BCUT2D eigenvalue weighted by molar-refractivity contribution is 1.27. The summed E-state index contributed by atoms with van der Waals surface area (Å²) in [5.74, 6) is 6.22. The Balaban J connectivity index is 1.99. The fourth-order valence-electron chi connectivity index (χ4n) is 1.31. The number of nitrogen functional groups attached to an aromatic ring is 1. The normalized spacial score (nSPS) is 10.4. The molecular formula is C11H13N3S2. The van der Waals surface area contributed by atoms with Crippen LogP contribution in [0.3, 0.4) is 0 Å². The summed E-state index contributed by atoms with van der Waals surface area (Å²) in [5.41, 5.74) is 3.87. The van der Waals surface area contributed by atoms with Gasteiger partial charge in [0.2, 0.25) is 0 Å². The molecule has 0 saturated heterocycles. The lowest BCUT2D eigenvalue weighted by atomic mass is 10.2. The van der Waals surface area contributed by atoms with Crippen molar-refractivity contribution < 1.29 is 0 Å². The lowest BCUT2D eigenvalue weighted by Gasteiger charge is -2.02. The van der Waals surface area contributed by atoms with Gasteiger partial charge in [-0.3, -0.25) is 5.43 Å². The van der Waals surface area contributed by atoms with Crippen molar-refractivity contribution in [2.24, 2.45) is 5.84 Å². The summed E-state index contributed by atoms with van der Waals surface area (Å²) in [4.78, 5) is 6.68. The van der Waals surface area contributed by atoms with Crippen molar-refractivity contribution in [3.05, 3.63) is 40.9 Å². The molecule has 0 spiro atoms. The first-order chi connectivity index (χ1) is 7.79. The molecule has 1 aromatic heterocycles. The number of nitrogens with zero attached hydrogens (tertiary/aromatic N) is 1. The topological polar surface area (TPSA) is 50.9 Å². The molecule has 16 heavy (non-hydrogen) atoms. The fraction of sp³-hybridized carbons (Fsp3) is 0.182. The van der Waals surface area contributed by atoms with Crippen molar-refractivity contribution in [1.29, 1.82) is 0 Å². The highest BCUT2D eigenvalue weighted by Gasteiger charge is 2.02. The number of aromatic nitrogens is 1. The molecular weight excluding hydrogens is 238 g/mol. The van der Waals surface area contributed by atoms with E-state index in [9.17, 15) is 0 Å². The third-order valence-electron chi connectivity index (χ3n) is 2.14. The number of nitrogens with one attached hydrogen (secondary N) is 1. The molecule has 0 atom stereocenters. The van der Waals surface area contributed by atoms with Gasteiger partial charge < -0.3 is 0 Å². The van der Waals surface area contributed by atoms with Gasteiger partial charge in [0.15, 0.2) is 5.13 Å². The SMILES string of the molecule is Cc1ccccc1SCc1cnc(NN)s1. The van der Waals surface area contributed by atoms with Gasteiger partial charge in [0.1, 0.15) is 0 Å². The maximum Gasteiger partial charge on any atom is 0.197 e. The summed E-state index contributed by atoms with van der Waals surface area (Å²) in [5, 5.41) is 0.764. The van der Waals surface area contributed by atoms with E-state index in [1.807, 2.05) is 18.0 Å². The van der Waals surface area contributed by atoms with Crippen LogP contribution in [0.4, 0.5) is 5.13 Å². The monoisotopic (exact) mass is 251 g/mol. The van der Waals surface area contributed by atoms with E-state index in [0.717, 1.165) is 10.9 Å². The zero-order valence-corrected chi connectivity index (χ0v) is 10.6. The highest BCUT2D eigenvalue weighted by atomic mass is 32.2. The quantitative estimate of drug-likeness (QED) is 0.498. The predicted molar refractivity (Wildman–Crippen MR) is 70.7 cm³/mol. The first kappa shape index (κ1) is 11.4. The summed E-state index contributed by atoms with van der Waals surface area (Å²) in [6, 6.07) is 8.39. The van der Waals surface area contributed by atoms with E-state index in [-0.39, 0.29) is 0 Å². The Bertz CT molecular complexity index is 468. The maximum absolute atomic E-state index is 5.29. The van der Waals surface area contributed by atoms with Crippen LogP contribution in [0.15, 0.2) is 35.4 Å². The molecule has 2 aromatic rings. The van der Waals surface area contributed by atoms with Crippen molar-refractivity contribution in [3.63, 3.8) is 0 Å². The standard InChI is InChI=1S/C11H13N3S2/c1-8-4-2-3-5-10(8)15-7-9-6-13-11(14-12)16-9/h2-6H,7,12H2,1H3,(H,13,14). The van der Waals surface area contributed by atoms with Crippen LogP contribution in [0.5, 0.6) is 0 Å². The van der Waals surface area contributed by atoms with Gasteiger partial charge >= 0.3 is 0 Å². The Morgan fingerprint density at radius 1 is 1.44 bits per heavy atom. The van der Waals surface area contributed by atoms with Gasteiger partial charge in [-0.25, -0.2) is 10.8 Å². The number of benzene rings is 1. The van der Waals surface area contributed by atoms with Gasteiger partial charge in [-0.15, -0.1) is 23.1 Å². The smallest absolute Gasteiger partial charge is 0.197 e. The molecule has 0 unspecified atom stereocenters. The molecule has 84 valence electrons. The van der Waals surface area contributed by atoms with Crippen molar-refractivity contribution >= 4 is 28.2 Å². The average molecular weight is 251 g/mol. The van der Waals surface area contributed by atoms with Gasteiger partial charge in [-0.2, -0.15) is 0 Å². The number of hydrogen-bond acceptors (Lipinski definition) is 5. The van der Waals surface area contributed by atoms with E-state index in [2.05, 4.69) is 41.6 Å². The van der Waals surface area contributed by atoms with E-state index in [1.54, 1.807) is 11.3 Å². The Morgan fingerprint density at radius 2 is 2.25 bits per heavy atom. The van der Waals surface area contributed by atoms with Crippen molar-refractivity contribution in [1.82, 2.24) is 4.98 Å². The van der Waals surface area contributed by atoms with E-state index >= 15 is 0 Å². The fourth-order valence-corrected chi connectivity index (χ4v) is 3.08. The van der Waals surface area contributed by atoms with Gasteiger partial charge in [0, 0.05) is 21.7 Å². The largest absolute Gasteiger partial charge is 0.300 e. The van der Waals surface area contributed by atoms with Crippen LogP contribution < -0.4 is 11.3 Å². The summed E-state index contributed by atoms with van der Waals surface area (Å²) < 4.78 is 0. The van der Waals surface area contributed by atoms with Crippen molar-refractivity contribution in [2.75, 3.05) is 5.43 Å². The third-order valence-corrected chi connectivity index (χ3v) is 4.48. The minimum Gasteiger partial charge on any atom is -0.300 e. The Hall–Kier alpha value is -1.04. The number of thiazole rings is 1. The van der Waals surface area contributed by atoms with Crippen molar-refractivity contribution in [3.8, 4) is 0 Å². The molecule has 1 aromatic carbocycles. The van der Waals surface area contributed by atoms with Gasteiger partial charge in [0.05, 0.1) is 0 Å². The van der Waals surface area contributed by atoms with Gasteiger partial charge in [-0.05, 0) is 18.6 Å². The highest BCUT2D eigenvalue weighted by Crippen LogP contribution is 2.28. The minimum atomic E-state index is 0.764. The molecule has 2 rings (SSSR count). The van der Waals surface area contributed by atoms with Crippen LogP contribution in [0.1, 0.15) is 10.4 Å². The van der Waals surface area contributed by atoms with E-state index in [0.29, 0.717) is 0 Å². The second-order valence-electron chi connectivity index (χ2n) is 3.33. The minimum absolute atomic E-state index is 0.764. The molecule has 0 aliphatic heterocycles. The molecule has 0 bridgehead atoms. The van der Waals surface area contributed by atoms with Crippen LogP contribution in [0, 0.1) is 6.92 Å². The van der Waals surface area contributed by atoms with Crippen molar-refractivity contribution in [2.45, 2.75) is 17.6 Å². The zero-order valence-electron chi connectivity index (χ0n) is 8.93. The Kier molecular flexibility index (Phi) is 3.82. The summed E-state index contributed by atoms with van der Waals surface area (Å²) in [6.45, 7) is 2.13. The van der Waals surface area contributed by atoms with Crippen LogP contribution >= 0.6 is 23.1 Å². The second kappa shape index (κ2) is 5.34. The van der Waals surface area contributed by atoms with Crippen LogP contribution in [0.2, 0.25) is 0 Å².